The van der Waals surface area contributed by atoms with Crippen LogP contribution in [0.5, 0.6) is 0 Å². The van der Waals surface area contributed by atoms with Gasteiger partial charge in [-0.2, -0.15) is 0 Å². The zero-order chi connectivity index (χ0) is 9.90. The number of alkyl halides is 3. The van der Waals surface area contributed by atoms with E-state index in [1.165, 1.54) is 10.9 Å². The van der Waals surface area contributed by atoms with Crippen molar-refractivity contribution in [1.29, 1.82) is 0 Å². The highest BCUT2D eigenvalue weighted by Gasteiger charge is 2.19. The second-order valence-corrected chi connectivity index (χ2v) is 6.13. The van der Waals surface area contributed by atoms with Crippen LogP contribution in [0.2, 0.25) is 0 Å². The lowest BCUT2D eigenvalue weighted by Gasteiger charge is -1.96. The van der Waals surface area contributed by atoms with E-state index in [4.69, 9.17) is 34.8 Å². The maximum absolute atomic E-state index is 5.62. The van der Waals surface area contributed by atoms with E-state index in [0.29, 0.717) is 8.20 Å². The molecule has 4 heteroatoms. The van der Waals surface area contributed by atoms with Crippen molar-refractivity contribution in [2.24, 2.45) is 0 Å². The summed E-state index contributed by atoms with van der Waals surface area (Å²) >= 11 is 16.9. The van der Waals surface area contributed by atoms with Crippen LogP contribution in [0, 0.1) is 6.92 Å². The van der Waals surface area contributed by atoms with E-state index in [1.54, 1.807) is 5.80 Å². The maximum Gasteiger partial charge on any atom is 0.247 e. The predicted molar refractivity (Wildman–Crippen MR) is 65.5 cm³/mol. The average Bonchev–Trinajstić information content (AvgIpc) is 2.01. The first-order valence-corrected chi connectivity index (χ1v) is 5.93. The van der Waals surface area contributed by atoms with E-state index in [9.17, 15) is 0 Å². The summed E-state index contributed by atoms with van der Waals surface area (Å²) in [6.07, 6.45) is 0. The molecular weight excluding hydrogens is 245 g/mol. The molecule has 0 aliphatic rings. The van der Waals surface area contributed by atoms with Crippen LogP contribution in [0.3, 0.4) is 0 Å². The molecule has 1 aromatic carbocycles. The third kappa shape index (κ3) is 4.33. The van der Waals surface area contributed by atoms with Crippen LogP contribution < -0.4 is 5.30 Å². The fourth-order valence-electron chi connectivity index (χ4n) is 0.894. The van der Waals surface area contributed by atoms with E-state index in [0.717, 1.165) is 0 Å². The summed E-state index contributed by atoms with van der Waals surface area (Å²) in [5, 5.41) is 1.22. The van der Waals surface area contributed by atoms with Crippen molar-refractivity contribution >= 4 is 54.1 Å². The molecule has 0 amide bonds. The van der Waals surface area contributed by atoms with Gasteiger partial charge in [0, 0.05) is 0 Å². The van der Waals surface area contributed by atoms with Gasteiger partial charge >= 0.3 is 0 Å². The van der Waals surface area contributed by atoms with Gasteiger partial charge in [-0.25, -0.2) is 0 Å². The van der Waals surface area contributed by atoms with Gasteiger partial charge in [-0.15, -0.1) is 0 Å². The number of hydrogen-bond donors (Lipinski definition) is 0. The monoisotopic (exact) mass is 253 g/mol. The minimum Gasteiger partial charge on any atom is -0.0750 e. The molecule has 0 nitrogen and oxygen atoms in total. The van der Waals surface area contributed by atoms with Gasteiger partial charge in [0.05, 0.1) is 0 Å². The minimum absolute atomic E-state index is 0.434. The van der Waals surface area contributed by atoms with Crippen molar-refractivity contribution in [3.8, 4) is 0 Å². The first kappa shape index (κ1) is 11.3. The SMILES string of the molecule is Cc1ccccc1[PH+]=CC(Cl)(Cl)Cl. The standard InChI is InChI=1S/C9H8Cl3P/c1-7-4-2-3-5-8(7)13-6-9(10,11)12/h2-6H,1H3/p+1. The normalized spacial score (nSPS) is 12.3. The van der Waals surface area contributed by atoms with Crippen molar-refractivity contribution in [3.05, 3.63) is 29.8 Å². The first-order valence-electron chi connectivity index (χ1n) is 3.72. The van der Waals surface area contributed by atoms with Gasteiger partial charge in [-0.1, -0.05) is 53.0 Å². The van der Waals surface area contributed by atoms with Gasteiger partial charge in [0.25, 0.3) is 0 Å². The Hall–Kier alpha value is 0.260. The quantitative estimate of drug-likeness (QED) is 0.532. The van der Waals surface area contributed by atoms with Crippen LogP contribution in [-0.2, 0) is 0 Å². The Kier molecular flexibility index (Phi) is 4.06. The highest BCUT2D eigenvalue weighted by molar-refractivity contribution is 7.48. The fourth-order valence-corrected chi connectivity index (χ4v) is 2.21. The van der Waals surface area contributed by atoms with Gasteiger partial charge in [-0.3, -0.25) is 0 Å². The third-order valence-corrected chi connectivity index (χ3v) is 3.86. The first-order chi connectivity index (χ1) is 5.99. The Morgan fingerprint density at radius 3 is 2.38 bits per heavy atom. The zero-order valence-electron chi connectivity index (χ0n) is 7.02. The number of benzene rings is 1. The molecule has 1 rings (SSSR count). The summed E-state index contributed by atoms with van der Waals surface area (Å²) in [4.78, 5) is 0. The topological polar surface area (TPSA) is 0 Å². The van der Waals surface area contributed by atoms with E-state index >= 15 is 0 Å². The summed E-state index contributed by atoms with van der Waals surface area (Å²) in [6.45, 7) is 2.05. The summed E-state index contributed by atoms with van der Waals surface area (Å²) in [5.41, 5.74) is 1.23. The number of hydrogen-bond acceptors (Lipinski definition) is 0. The molecule has 0 N–H and O–H groups in total. The van der Waals surface area contributed by atoms with Crippen molar-refractivity contribution in [3.63, 3.8) is 0 Å². The molecule has 1 aromatic rings. The fraction of sp³-hybridized carbons (Fsp3) is 0.222. The maximum atomic E-state index is 5.62. The molecule has 1 atom stereocenters. The Bertz CT molecular complexity index is 315. The molecule has 0 bridgehead atoms. The number of halogens is 3. The lowest BCUT2D eigenvalue weighted by Crippen LogP contribution is -2.04. The molecule has 13 heavy (non-hydrogen) atoms. The highest BCUT2D eigenvalue weighted by atomic mass is 35.6. The van der Waals surface area contributed by atoms with E-state index in [2.05, 4.69) is 13.0 Å². The highest BCUT2D eigenvalue weighted by Crippen LogP contribution is 2.25. The van der Waals surface area contributed by atoms with Gasteiger partial charge in [0.2, 0.25) is 3.79 Å². The van der Waals surface area contributed by atoms with Crippen LogP contribution in [0.1, 0.15) is 5.56 Å². The molecule has 0 saturated heterocycles. The molecule has 0 aliphatic heterocycles. The molecule has 0 spiro atoms. The van der Waals surface area contributed by atoms with Crippen molar-refractivity contribution in [1.82, 2.24) is 0 Å². The van der Waals surface area contributed by atoms with Gasteiger partial charge in [0.1, 0.15) is 19.3 Å². The van der Waals surface area contributed by atoms with Crippen molar-refractivity contribution in [2.75, 3.05) is 0 Å². The van der Waals surface area contributed by atoms with Crippen molar-refractivity contribution < 1.29 is 0 Å². The van der Waals surface area contributed by atoms with Gasteiger partial charge in [-0.05, 0) is 18.6 Å². The number of rotatable bonds is 1. The van der Waals surface area contributed by atoms with Crippen LogP contribution in [0.25, 0.3) is 0 Å². The summed E-state index contributed by atoms with van der Waals surface area (Å²) in [6, 6.07) is 8.08. The van der Waals surface area contributed by atoms with E-state index in [-0.39, 0.29) is 0 Å². The van der Waals surface area contributed by atoms with Crippen LogP contribution in [-0.4, -0.2) is 9.59 Å². The molecule has 0 fully saturated rings. The molecule has 0 radical (unpaired) electrons. The van der Waals surface area contributed by atoms with Crippen LogP contribution in [0.4, 0.5) is 0 Å². The molecule has 70 valence electrons. The molecule has 0 aromatic heterocycles. The largest absolute Gasteiger partial charge is 0.247 e. The summed E-state index contributed by atoms with van der Waals surface area (Å²) < 4.78 is -1.25. The van der Waals surface area contributed by atoms with Crippen LogP contribution in [0.15, 0.2) is 24.3 Å². The Balaban J connectivity index is 2.86. The number of aryl methyl sites for hydroxylation is 1. The zero-order valence-corrected chi connectivity index (χ0v) is 10.3. The summed E-state index contributed by atoms with van der Waals surface area (Å²) in [5.74, 6) is 1.69. The van der Waals surface area contributed by atoms with E-state index < -0.39 is 3.79 Å². The minimum atomic E-state index is -1.25. The average molecular weight is 255 g/mol. The Morgan fingerprint density at radius 1 is 1.23 bits per heavy atom. The predicted octanol–water partition coefficient (Wildman–Crippen LogP) is 3.47. The molecular formula is C9H9Cl3P+. The second kappa shape index (κ2) is 4.66. The molecule has 1 unspecified atom stereocenters. The molecule has 0 heterocycles. The van der Waals surface area contributed by atoms with Crippen molar-refractivity contribution in [2.45, 2.75) is 10.7 Å². The Morgan fingerprint density at radius 2 is 1.85 bits per heavy atom. The second-order valence-electron chi connectivity index (χ2n) is 2.65. The lowest BCUT2D eigenvalue weighted by atomic mass is 10.2. The third-order valence-electron chi connectivity index (χ3n) is 1.54. The summed E-state index contributed by atoms with van der Waals surface area (Å²) in [7, 11) is 0.434. The Labute approximate surface area is 94.6 Å². The molecule has 0 saturated carbocycles. The van der Waals surface area contributed by atoms with E-state index in [1.807, 2.05) is 18.2 Å². The van der Waals surface area contributed by atoms with Gasteiger partial charge < -0.3 is 0 Å². The van der Waals surface area contributed by atoms with Gasteiger partial charge in [0.15, 0.2) is 0 Å². The molecule has 0 aliphatic carbocycles. The smallest absolute Gasteiger partial charge is 0.0750 e. The van der Waals surface area contributed by atoms with Crippen LogP contribution >= 0.6 is 43.0 Å². The lowest BCUT2D eigenvalue weighted by molar-refractivity contribution is 1.52.